The molecule has 1 N–H and O–H groups in total. The van der Waals surface area contributed by atoms with E-state index in [0.717, 1.165) is 29.4 Å². The molecule has 0 aliphatic rings. The summed E-state index contributed by atoms with van der Waals surface area (Å²) < 4.78 is 0. The number of fused-ring (bicyclic) bond motifs is 1. The van der Waals surface area contributed by atoms with E-state index in [9.17, 15) is 0 Å². The van der Waals surface area contributed by atoms with E-state index < -0.39 is 0 Å². The molecule has 2 nitrogen and oxygen atoms in total. The Bertz CT molecular complexity index is 530. The second kappa shape index (κ2) is 5.29. The van der Waals surface area contributed by atoms with Crippen LogP contribution in [0, 0.1) is 11.8 Å². The van der Waals surface area contributed by atoms with Gasteiger partial charge in [0.1, 0.15) is 0 Å². The molecule has 0 fully saturated rings. The van der Waals surface area contributed by atoms with E-state index in [1.807, 2.05) is 37.5 Å². The Morgan fingerprint density at radius 1 is 1.25 bits per heavy atom. The SMILES string of the molecule is CNCCC#Cc1ccnc2ccccc12. The van der Waals surface area contributed by atoms with Crippen molar-refractivity contribution in [2.24, 2.45) is 0 Å². The molecule has 0 saturated heterocycles. The van der Waals surface area contributed by atoms with Crippen molar-refractivity contribution in [3.05, 3.63) is 42.1 Å². The zero-order valence-corrected chi connectivity index (χ0v) is 9.33. The van der Waals surface area contributed by atoms with Gasteiger partial charge in [-0.3, -0.25) is 4.98 Å². The number of pyridine rings is 1. The van der Waals surface area contributed by atoms with Crippen LogP contribution in [0.3, 0.4) is 0 Å². The monoisotopic (exact) mass is 210 g/mol. The maximum atomic E-state index is 4.31. The smallest absolute Gasteiger partial charge is 0.0714 e. The topological polar surface area (TPSA) is 24.9 Å². The number of nitrogens with zero attached hydrogens (tertiary/aromatic N) is 1. The zero-order chi connectivity index (χ0) is 11.2. The van der Waals surface area contributed by atoms with Crippen LogP contribution in [0.1, 0.15) is 12.0 Å². The van der Waals surface area contributed by atoms with Crippen LogP contribution in [0.25, 0.3) is 10.9 Å². The lowest BCUT2D eigenvalue weighted by Gasteiger charge is -1.98. The van der Waals surface area contributed by atoms with E-state index in [4.69, 9.17) is 0 Å². The van der Waals surface area contributed by atoms with Crippen LogP contribution in [0.2, 0.25) is 0 Å². The van der Waals surface area contributed by atoms with Gasteiger partial charge in [0.25, 0.3) is 0 Å². The highest BCUT2D eigenvalue weighted by molar-refractivity contribution is 5.84. The zero-order valence-electron chi connectivity index (χ0n) is 9.33. The summed E-state index contributed by atoms with van der Waals surface area (Å²) in [6, 6.07) is 10.0. The summed E-state index contributed by atoms with van der Waals surface area (Å²) in [6.45, 7) is 0.927. The van der Waals surface area contributed by atoms with Crippen LogP contribution in [0.5, 0.6) is 0 Å². The van der Waals surface area contributed by atoms with Gasteiger partial charge in [-0.25, -0.2) is 0 Å². The highest BCUT2D eigenvalue weighted by Gasteiger charge is 1.96. The fourth-order valence-corrected chi connectivity index (χ4v) is 1.55. The third-order valence-corrected chi connectivity index (χ3v) is 2.37. The third-order valence-electron chi connectivity index (χ3n) is 2.37. The number of benzene rings is 1. The van der Waals surface area contributed by atoms with E-state index in [0.29, 0.717) is 0 Å². The molecule has 2 heteroatoms. The van der Waals surface area contributed by atoms with Gasteiger partial charge in [0, 0.05) is 30.1 Å². The molecule has 0 saturated carbocycles. The predicted octanol–water partition coefficient (Wildman–Crippen LogP) is 2.20. The lowest BCUT2D eigenvalue weighted by molar-refractivity contribution is 0.818. The summed E-state index contributed by atoms with van der Waals surface area (Å²) >= 11 is 0. The van der Waals surface area contributed by atoms with Gasteiger partial charge in [-0.15, -0.1) is 0 Å². The molecule has 0 radical (unpaired) electrons. The Kier molecular flexibility index (Phi) is 3.53. The average Bonchev–Trinajstić information content (AvgIpc) is 2.35. The van der Waals surface area contributed by atoms with Crippen LogP contribution in [0.4, 0.5) is 0 Å². The summed E-state index contributed by atoms with van der Waals surface area (Å²) in [6.07, 6.45) is 2.68. The Balaban J connectivity index is 2.32. The summed E-state index contributed by atoms with van der Waals surface area (Å²) in [5.41, 5.74) is 2.06. The number of aromatic nitrogens is 1. The number of rotatable bonds is 2. The fourth-order valence-electron chi connectivity index (χ4n) is 1.55. The molecule has 1 heterocycles. The normalized spacial score (nSPS) is 9.81. The van der Waals surface area contributed by atoms with Gasteiger partial charge in [0.15, 0.2) is 0 Å². The van der Waals surface area contributed by atoms with Gasteiger partial charge in [-0.1, -0.05) is 30.0 Å². The van der Waals surface area contributed by atoms with Gasteiger partial charge in [0.05, 0.1) is 5.52 Å². The minimum absolute atomic E-state index is 0.868. The van der Waals surface area contributed by atoms with E-state index in [1.54, 1.807) is 0 Å². The van der Waals surface area contributed by atoms with Crippen molar-refractivity contribution in [3.8, 4) is 11.8 Å². The first kappa shape index (κ1) is 10.7. The van der Waals surface area contributed by atoms with E-state index in [-0.39, 0.29) is 0 Å². The molecular weight excluding hydrogens is 196 g/mol. The maximum absolute atomic E-state index is 4.31. The standard InChI is InChI=1S/C14H14N2/c1-15-10-5-4-6-12-9-11-16-14-8-3-2-7-13(12)14/h2-3,7-9,11,15H,5,10H2,1H3. The summed E-state index contributed by atoms with van der Waals surface area (Å²) in [4.78, 5) is 4.31. The van der Waals surface area contributed by atoms with Crippen LogP contribution < -0.4 is 5.32 Å². The number of para-hydroxylation sites is 1. The predicted molar refractivity (Wildman–Crippen MR) is 67.2 cm³/mol. The van der Waals surface area contributed by atoms with Crippen LogP contribution >= 0.6 is 0 Å². The Morgan fingerprint density at radius 2 is 2.12 bits per heavy atom. The van der Waals surface area contributed by atoms with Crippen molar-refractivity contribution in [2.75, 3.05) is 13.6 Å². The molecule has 0 amide bonds. The molecule has 2 rings (SSSR count). The molecule has 0 bridgehead atoms. The summed E-state index contributed by atoms with van der Waals surface area (Å²) in [5.74, 6) is 6.35. The first-order valence-corrected chi connectivity index (χ1v) is 5.39. The third kappa shape index (κ3) is 2.39. The van der Waals surface area contributed by atoms with Gasteiger partial charge in [0.2, 0.25) is 0 Å². The Hall–Kier alpha value is -1.85. The Labute approximate surface area is 95.7 Å². The average molecular weight is 210 g/mol. The molecular formula is C14H14N2. The minimum atomic E-state index is 0.868. The quantitative estimate of drug-likeness (QED) is 0.607. The van der Waals surface area contributed by atoms with E-state index in [2.05, 4.69) is 28.2 Å². The number of hydrogen-bond donors (Lipinski definition) is 1. The van der Waals surface area contributed by atoms with Crippen molar-refractivity contribution >= 4 is 10.9 Å². The largest absolute Gasteiger partial charge is 0.319 e. The molecule has 1 aromatic heterocycles. The number of nitrogens with one attached hydrogen (secondary N) is 1. The lowest BCUT2D eigenvalue weighted by atomic mass is 10.1. The molecule has 0 aliphatic heterocycles. The highest BCUT2D eigenvalue weighted by atomic mass is 14.8. The molecule has 16 heavy (non-hydrogen) atoms. The van der Waals surface area contributed by atoms with Gasteiger partial charge < -0.3 is 5.32 Å². The van der Waals surface area contributed by atoms with Crippen LogP contribution in [0.15, 0.2) is 36.5 Å². The van der Waals surface area contributed by atoms with Crippen molar-refractivity contribution in [1.82, 2.24) is 10.3 Å². The fraction of sp³-hybridized carbons (Fsp3) is 0.214. The van der Waals surface area contributed by atoms with Gasteiger partial charge in [-0.05, 0) is 19.2 Å². The molecule has 0 spiro atoms. The summed E-state index contributed by atoms with van der Waals surface area (Å²) in [7, 11) is 1.93. The number of hydrogen-bond acceptors (Lipinski definition) is 2. The first-order chi connectivity index (χ1) is 7.92. The highest BCUT2D eigenvalue weighted by Crippen LogP contribution is 2.14. The van der Waals surface area contributed by atoms with Gasteiger partial charge >= 0.3 is 0 Å². The first-order valence-electron chi connectivity index (χ1n) is 5.39. The van der Waals surface area contributed by atoms with E-state index in [1.165, 1.54) is 0 Å². The minimum Gasteiger partial charge on any atom is -0.319 e. The summed E-state index contributed by atoms with van der Waals surface area (Å²) in [5, 5.41) is 4.20. The second-order valence-corrected chi connectivity index (χ2v) is 3.53. The molecule has 0 atom stereocenters. The van der Waals surface area contributed by atoms with Crippen molar-refractivity contribution in [3.63, 3.8) is 0 Å². The molecule has 0 aliphatic carbocycles. The molecule has 0 unspecified atom stereocenters. The van der Waals surface area contributed by atoms with Crippen molar-refractivity contribution in [1.29, 1.82) is 0 Å². The second-order valence-electron chi connectivity index (χ2n) is 3.53. The molecule has 2 aromatic rings. The van der Waals surface area contributed by atoms with Crippen LogP contribution in [-0.2, 0) is 0 Å². The molecule has 80 valence electrons. The van der Waals surface area contributed by atoms with E-state index >= 15 is 0 Å². The van der Waals surface area contributed by atoms with Gasteiger partial charge in [-0.2, -0.15) is 0 Å². The lowest BCUT2D eigenvalue weighted by Crippen LogP contribution is -2.05. The van der Waals surface area contributed by atoms with Crippen LogP contribution in [-0.4, -0.2) is 18.6 Å². The maximum Gasteiger partial charge on any atom is 0.0714 e. The Morgan fingerprint density at radius 3 is 3.00 bits per heavy atom. The molecule has 1 aromatic carbocycles. The van der Waals surface area contributed by atoms with Crippen molar-refractivity contribution in [2.45, 2.75) is 6.42 Å². The van der Waals surface area contributed by atoms with Crippen molar-refractivity contribution < 1.29 is 0 Å².